The summed E-state index contributed by atoms with van der Waals surface area (Å²) in [5, 5.41) is 0. The normalized spacial score (nSPS) is 21.6. The van der Waals surface area contributed by atoms with Crippen LogP contribution < -0.4 is 9.64 Å². The fraction of sp³-hybridized carbons (Fsp3) is 0.360. The van der Waals surface area contributed by atoms with Crippen LogP contribution in [-0.4, -0.2) is 40.4 Å². The van der Waals surface area contributed by atoms with Gasteiger partial charge in [-0.1, -0.05) is 31.2 Å². The monoisotopic (exact) mass is 414 g/mol. The SMILES string of the molecule is CCc1cnc(N2CC3C(COc4ccc(-c5ccc(C(C)=O)cc5)nc4)C3C2)nc1. The summed E-state index contributed by atoms with van der Waals surface area (Å²) in [6.07, 6.45) is 6.61. The summed E-state index contributed by atoms with van der Waals surface area (Å²) in [6, 6.07) is 11.5. The van der Waals surface area contributed by atoms with Gasteiger partial charge in [-0.2, -0.15) is 0 Å². The molecule has 3 heterocycles. The number of pyridine rings is 1. The Morgan fingerprint density at radius 1 is 1.00 bits per heavy atom. The van der Waals surface area contributed by atoms with Gasteiger partial charge in [0.25, 0.3) is 0 Å². The molecule has 0 N–H and O–H groups in total. The van der Waals surface area contributed by atoms with Gasteiger partial charge in [-0.05, 0) is 42.9 Å². The maximum absolute atomic E-state index is 11.4. The number of ketones is 1. The number of carbonyl (C=O) groups excluding carboxylic acids is 1. The van der Waals surface area contributed by atoms with Crippen LogP contribution in [0.2, 0.25) is 0 Å². The number of hydrogen-bond donors (Lipinski definition) is 0. The van der Waals surface area contributed by atoms with E-state index < -0.39 is 0 Å². The van der Waals surface area contributed by atoms with Crippen molar-refractivity contribution in [3.05, 3.63) is 66.1 Å². The molecule has 5 rings (SSSR count). The molecule has 0 radical (unpaired) electrons. The standard InChI is InChI=1S/C25H26N4O2/c1-3-17-10-27-25(28-11-17)29-13-21-22(14-29)23(21)15-31-20-8-9-24(26-12-20)19-6-4-18(5-7-19)16(2)30/h4-12,21-23H,3,13-15H2,1-2H3. The zero-order valence-corrected chi connectivity index (χ0v) is 17.9. The second-order valence-corrected chi connectivity index (χ2v) is 8.47. The van der Waals surface area contributed by atoms with Crippen LogP contribution in [0.3, 0.4) is 0 Å². The predicted molar refractivity (Wildman–Crippen MR) is 119 cm³/mol. The summed E-state index contributed by atoms with van der Waals surface area (Å²) >= 11 is 0. The Balaban J connectivity index is 1.12. The third-order valence-electron chi connectivity index (χ3n) is 6.52. The number of rotatable bonds is 7. The molecule has 6 nitrogen and oxygen atoms in total. The number of Topliss-reactive ketones (excluding diaryl/α,β-unsaturated/α-hetero) is 1. The van der Waals surface area contributed by atoms with Crippen molar-refractivity contribution in [3.8, 4) is 17.0 Å². The van der Waals surface area contributed by atoms with Gasteiger partial charge in [0.2, 0.25) is 5.95 Å². The number of fused-ring (bicyclic) bond motifs is 1. The quantitative estimate of drug-likeness (QED) is 0.543. The third-order valence-corrected chi connectivity index (χ3v) is 6.52. The van der Waals surface area contributed by atoms with E-state index in [9.17, 15) is 4.79 Å². The molecule has 3 aromatic rings. The van der Waals surface area contributed by atoms with Crippen LogP contribution in [-0.2, 0) is 6.42 Å². The van der Waals surface area contributed by atoms with Crippen molar-refractivity contribution in [2.45, 2.75) is 20.3 Å². The molecular formula is C25H26N4O2. The van der Waals surface area contributed by atoms with Gasteiger partial charge in [0.1, 0.15) is 5.75 Å². The van der Waals surface area contributed by atoms with Crippen LogP contribution in [0.5, 0.6) is 5.75 Å². The summed E-state index contributed by atoms with van der Waals surface area (Å²) < 4.78 is 6.02. The molecule has 0 spiro atoms. The number of benzene rings is 1. The van der Waals surface area contributed by atoms with Gasteiger partial charge in [0.15, 0.2) is 5.78 Å². The Labute approximate surface area is 182 Å². The van der Waals surface area contributed by atoms with E-state index >= 15 is 0 Å². The van der Waals surface area contributed by atoms with Gasteiger partial charge in [-0.25, -0.2) is 9.97 Å². The molecule has 31 heavy (non-hydrogen) atoms. The average Bonchev–Trinajstić information content (AvgIpc) is 3.26. The molecule has 1 saturated carbocycles. The number of ether oxygens (including phenoxy) is 1. The van der Waals surface area contributed by atoms with Crippen LogP contribution in [0.15, 0.2) is 55.0 Å². The second-order valence-electron chi connectivity index (χ2n) is 8.47. The first-order valence-corrected chi connectivity index (χ1v) is 10.9. The lowest BCUT2D eigenvalue weighted by Gasteiger charge is -2.19. The minimum absolute atomic E-state index is 0.0677. The third kappa shape index (κ3) is 4.02. The number of carbonyl (C=O) groups is 1. The molecule has 1 saturated heterocycles. The Bertz CT molecular complexity index is 1050. The Hall–Kier alpha value is -3.28. The molecule has 6 heteroatoms. The summed E-state index contributed by atoms with van der Waals surface area (Å²) in [7, 11) is 0. The molecule has 158 valence electrons. The number of piperidine rings is 1. The van der Waals surface area contributed by atoms with Crippen molar-refractivity contribution in [1.29, 1.82) is 0 Å². The minimum Gasteiger partial charge on any atom is -0.492 e. The van der Waals surface area contributed by atoms with Crippen molar-refractivity contribution in [2.24, 2.45) is 17.8 Å². The van der Waals surface area contributed by atoms with E-state index in [1.165, 1.54) is 5.56 Å². The highest BCUT2D eigenvalue weighted by Crippen LogP contribution is 2.52. The molecule has 2 fully saturated rings. The van der Waals surface area contributed by atoms with Crippen molar-refractivity contribution < 1.29 is 9.53 Å². The van der Waals surface area contributed by atoms with Gasteiger partial charge in [0.05, 0.1) is 18.5 Å². The fourth-order valence-corrected chi connectivity index (χ4v) is 4.46. The molecule has 0 bridgehead atoms. The highest BCUT2D eigenvalue weighted by Gasteiger charge is 2.56. The predicted octanol–water partition coefficient (Wildman–Crippen LogP) is 4.06. The van der Waals surface area contributed by atoms with Gasteiger partial charge < -0.3 is 9.64 Å². The molecule has 2 aliphatic rings. The molecule has 2 unspecified atom stereocenters. The summed E-state index contributed by atoms with van der Waals surface area (Å²) in [4.78, 5) is 27.3. The average molecular weight is 415 g/mol. The lowest BCUT2D eigenvalue weighted by Crippen LogP contribution is -2.27. The van der Waals surface area contributed by atoms with E-state index in [1.54, 1.807) is 13.1 Å². The van der Waals surface area contributed by atoms with Gasteiger partial charge in [0, 0.05) is 42.5 Å². The first kappa shape index (κ1) is 19.7. The van der Waals surface area contributed by atoms with Crippen LogP contribution in [0, 0.1) is 17.8 Å². The Kier molecular flexibility index (Phi) is 5.14. The Morgan fingerprint density at radius 2 is 1.71 bits per heavy atom. The van der Waals surface area contributed by atoms with Gasteiger partial charge in [-0.15, -0.1) is 0 Å². The Morgan fingerprint density at radius 3 is 2.29 bits per heavy atom. The fourth-order valence-electron chi connectivity index (χ4n) is 4.46. The number of aromatic nitrogens is 3. The molecule has 1 aliphatic heterocycles. The maximum atomic E-state index is 11.4. The smallest absolute Gasteiger partial charge is 0.225 e. The topological polar surface area (TPSA) is 68.2 Å². The van der Waals surface area contributed by atoms with Crippen molar-refractivity contribution in [1.82, 2.24) is 15.0 Å². The van der Waals surface area contributed by atoms with Crippen LogP contribution in [0.25, 0.3) is 11.3 Å². The van der Waals surface area contributed by atoms with E-state index in [0.717, 1.165) is 49.1 Å². The molecule has 1 aromatic carbocycles. The zero-order chi connectivity index (χ0) is 21.4. The molecule has 1 aliphatic carbocycles. The summed E-state index contributed by atoms with van der Waals surface area (Å²) in [5.74, 6) is 3.65. The van der Waals surface area contributed by atoms with E-state index in [-0.39, 0.29) is 5.78 Å². The number of anilines is 1. The van der Waals surface area contributed by atoms with Crippen LogP contribution in [0.4, 0.5) is 5.95 Å². The van der Waals surface area contributed by atoms with E-state index in [2.05, 4.69) is 26.8 Å². The number of aryl methyl sites for hydroxylation is 1. The van der Waals surface area contributed by atoms with Crippen LogP contribution in [0.1, 0.15) is 29.8 Å². The highest BCUT2D eigenvalue weighted by molar-refractivity contribution is 5.94. The minimum atomic E-state index is 0.0677. The van der Waals surface area contributed by atoms with Crippen LogP contribution >= 0.6 is 0 Å². The molecule has 2 aromatic heterocycles. The second kappa shape index (κ2) is 8.10. The first-order valence-electron chi connectivity index (χ1n) is 10.9. The zero-order valence-electron chi connectivity index (χ0n) is 17.9. The maximum Gasteiger partial charge on any atom is 0.225 e. The highest BCUT2D eigenvalue weighted by atomic mass is 16.5. The molecule has 2 atom stereocenters. The molecular weight excluding hydrogens is 388 g/mol. The van der Waals surface area contributed by atoms with Crippen molar-refractivity contribution >= 4 is 11.7 Å². The van der Waals surface area contributed by atoms with Crippen molar-refractivity contribution in [2.75, 3.05) is 24.6 Å². The summed E-state index contributed by atoms with van der Waals surface area (Å²) in [5.41, 5.74) is 3.74. The van der Waals surface area contributed by atoms with Gasteiger partial charge >= 0.3 is 0 Å². The summed E-state index contributed by atoms with van der Waals surface area (Å²) in [6.45, 7) is 6.44. The lowest BCUT2D eigenvalue weighted by molar-refractivity contribution is 0.101. The largest absolute Gasteiger partial charge is 0.492 e. The van der Waals surface area contributed by atoms with E-state index in [4.69, 9.17) is 4.74 Å². The number of hydrogen-bond acceptors (Lipinski definition) is 6. The van der Waals surface area contributed by atoms with E-state index in [1.807, 2.05) is 48.8 Å². The van der Waals surface area contributed by atoms with Gasteiger partial charge in [-0.3, -0.25) is 9.78 Å². The van der Waals surface area contributed by atoms with E-state index in [0.29, 0.717) is 23.3 Å². The lowest BCUT2D eigenvalue weighted by atomic mass is 10.1. The first-order chi connectivity index (χ1) is 15.1. The van der Waals surface area contributed by atoms with Crippen molar-refractivity contribution in [3.63, 3.8) is 0 Å². The molecule has 0 amide bonds. The number of nitrogens with zero attached hydrogens (tertiary/aromatic N) is 4.